The Labute approximate surface area is 122 Å². The number of halogens is 1. The summed E-state index contributed by atoms with van der Waals surface area (Å²) < 4.78 is 3.16. The summed E-state index contributed by atoms with van der Waals surface area (Å²) in [4.78, 5) is 12.3. The Bertz CT molecular complexity index is 760. The van der Waals surface area contributed by atoms with Gasteiger partial charge in [0.15, 0.2) is 0 Å². The first-order chi connectivity index (χ1) is 9.13. The van der Waals surface area contributed by atoms with Crippen LogP contribution in [0.4, 0.5) is 0 Å². The molecule has 0 aliphatic heterocycles. The fourth-order valence-electron chi connectivity index (χ4n) is 2.04. The molecule has 0 spiro atoms. The highest BCUT2D eigenvalue weighted by Crippen LogP contribution is 2.24. The normalized spacial score (nSPS) is 11.0. The van der Waals surface area contributed by atoms with E-state index in [4.69, 9.17) is 5.11 Å². The van der Waals surface area contributed by atoms with Crippen LogP contribution >= 0.6 is 27.3 Å². The van der Waals surface area contributed by atoms with Crippen molar-refractivity contribution in [2.45, 2.75) is 6.54 Å². The van der Waals surface area contributed by atoms with Crippen LogP contribution in [-0.2, 0) is 6.54 Å². The van der Waals surface area contributed by atoms with E-state index in [2.05, 4.69) is 38.7 Å². The summed E-state index contributed by atoms with van der Waals surface area (Å²) in [5, 5.41) is 10.1. The molecule has 3 nitrogen and oxygen atoms in total. The quantitative estimate of drug-likeness (QED) is 0.778. The molecule has 2 aromatic heterocycles. The zero-order valence-corrected chi connectivity index (χ0v) is 12.2. The number of carboxylic acids is 1. The summed E-state index contributed by atoms with van der Waals surface area (Å²) in [5.74, 6) is -0.864. The highest BCUT2D eigenvalue weighted by molar-refractivity contribution is 9.10. The summed E-state index contributed by atoms with van der Waals surface area (Å²) in [7, 11) is 0. The molecule has 0 unspecified atom stereocenters. The second kappa shape index (κ2) is 4.83. The van der Waals surface area contributed by atoms with Crippen molar-refractivity contribution in [3.8, 4) is 0 Å². The highest BCUT2D eigenvalue weighted by Gasteiger charge is 2.08. The van der Waals surface area contributed by atoms with Gasteiger partial charge in [0.05, 0.1) is 6.54 Å². The molecule has 2 heterocycles. The van der Waals surface area contributed by atoms with Gasteiger partial charge in [0.2, 0.25) is 0 Å². The number of thiophene rings is 1. The van der Waals surface area contributed by atoms with Crippen LogP contribution in [0, 0.1) is 0 Å². The molecule has 3 aromatic rings. The molecule has 0 fully saturated rings. The van der Waals surface area contributed by atoms with Crippen LogP contribution in [0.25, 0.3) is 10.9 Å². The Morgan fingerprint density at radius 2 is 2.11 bits per heavy atom. The van der Waals surface area contributed by atoms with Crippen molar-refractivity contribution in [3.05, 3.63) is 56.8 Å². The molecule has 0 saturated carbocycles. The fraction of sp³-hybridized carbons (Fsp3) is 0.0714. The average Bonchev–Trinajstić information content (AvgIpc) is 2.98. The minimum absolute atomic E-state index is 0.382. The zero-order valence-electron chi connectivity index (χ0n) is 9.84. The monoisotopic (exact) mass is 335 g/mol. The van der Waals surface area contributed by atoms with Gasteiger partial charge in [-0.2, -0.15) is 0 Å². The van der Waals surface area contributed by atoms with Crippen molar-refractivity contribution < 1.29 is 9.90 Å². The standard InChI is InChI=1S/C14H10BrNO2S/c15-10-2-1-9-5-6-16(12(9)7-10)8-11-3-4-13(19-11)14(17)18/h1-7H,8H2,(H,17,18). The molecule has 5 heteroatoms. The van der Waals surface area contributed by atoms with Gasteiger partial charge in [0, 0.05) is 21.1 Å². The number of nitrogens with zero attached hydrogens (tertiary/aromatic N) is 1. The number of carboxylic acid groups (broad SMARTS) is 1. The van der Waals surface area contributed by atoms with Crippen molar-refractivity contribution in [1.29, 1.82) is 0 Å². The molecular formula is C14H10BrNO2S. The van der Waals surface area contributed by atoms with Gasteiger partial charge >= 0.3 is 5.97 Å². The van der Waals surface area contributed by atoms with E-state index in [-0.39, 0.29) is 0 Å². The molecule has 1 N–H and O–H groups in total. The van der Waals surface area contributed by atoms with E-state index in [1.807, 2.05) is 18.3 Å². The van der Waals surface area contributed by atoms with Crippen LogP contribution in [0.15, 0.2) is 47.1 Å². The van der Waals surface area contributed by atoms with E-state index in [1.54, 1.807) is 6.07 Å². The number of aromatic nitrogens is 1. The predicted molar refractivity (Wildman–Crippen MR) is 80.0 cm³/mol. The third kappa shape index (κ3) is 2.43. The van der Waals surface area contributed by atoms with Crippen LogP contribution in [0.1, 0.15) is 14.5 Å². The first-order valence-electron chi connectivity index (χ1n) is 5.70. The van der Waals surface area contributed by atoms with Crippen molar-refractivity contribution in [1.82, 2.24) is 4.57 Å². The number of rotatable bonds is 3. The van der Waals surface area contributed by atoms with E-state index in [0.29, 0.717) is 11.4 Å². The van der Waals surface area contributed by atoms with E-state index in [1.165, 1.54) is 16.7 Å². The molecule has 19 heavy (non-hydrogen) atoms. The van der Waals surface area contributed by atoms with Crippen LogP contribution in [0.5, 0.6) is 0 Å². The first kappa shape index (κ1) is 12.4. The Hall–Kier alpha value is -1.59. The van der Waals surface area contributed by atoms with E-state index in [0.717, 1.165) is 14.9 Å². The maximum absolute atomic E-state index is 10.9. The lowest BCUT2D eigenvalue weighted by Gasteiger charge is -2.03. The molecule has 0 saturated heterocycles. The van der Waals surface area contributed by atoms with Crippen molar-refractivity contribution in [2.24, 2.45) is 0 Å². The van der Waals surface area contributed by atoms with Crippen molar-refractivity contribution in [3.63, 3.8) is 0 Å². The SMILES string of the molecule is O=C(O)c1ccc(Cn2ccc3ccc(Br)cc32)s1. The molecular weight excluding hydrogens is 326 g/mol. The number of fused-ring (bicyclic) bond motifs is 1. The molecule has 0 aliphatic rings. The van der Waals surface area contributed by atoms with Crippen LogP contribution in [-0.4, -0.2) is 15.6 Å². The van der Waals surface area contributed by atoms with Gasteiger partial charge in [-0.3, -0.25) is 0 Å². The molecule has 96 valence electrons. The fourth-order valence-corrected chi connectivity index (χ4v) is 3.24. The Kier molecular flexibility index (Phi) is 3.16. The van der Waals surface area contributed by atoms with Gasteiger partial charge in [0.1, 0.15) is 4.88 Å². The minimum Gasteiger partial charge on any atom is -0.477 e. The lowest BCUT2D eigenvalue weighted by atomic mass is 10.2. The Morgan fingerprint density at radius 1 is 1.26 bits per heavy atom. The lowest BCUT2D eigenvalue weighted by Crippen LogP contribution is -1.95. The summed E-state index contributed by atoms with van der Waals surface area (Å²) in [6.07, 6.45) is 2.03. The first-order valence-corrected chi connectivity index (χ1v) is 7.31. The third-order valence-corrected chi connectivity index (χ3v) is 4.49. The Balaban J connectivity index is 1.96. The maximum atomic E-state index is 10.9. The topological polar surface area (TPSA) is 42.2 Å². The van der Waals surface area contributed by atoms with Crippen LogP contribution in [0.3, 0.4) is 0 Å². The minimum atomic E-state index is -0.864. The molecule has 3 rings (SSSR count). The summed E-state index contributed by atoms with van der Waals surface area (Å²) in [6.45, 7) is 0.692. The number of benzene rings is 1. The maximum Gasteiger partial charge on any atom is 0.345 e. The summed E-state index contributed by atoms with van der Waals surface area (Å²) in [5.41, 5.74) is 1.14. The van der Waals surface area contributed by atoms with E-state index >= 15 is 0 Å². The number of carbonyl (C=O) groups is 1. The smallest absolute Gasteiger partial charge is 0.345 e. The zero-order chi connectivity index (χ0) is 13.4. The van der Waals surface area contributed by atoms with E-state index in [9.17, 15) is 4.79 Å². The van der Waals surface area contributed by atoms with Gasteiger partial charge < -0.3 is 9.67 Å². The van der Waals surface area contributed by atoms with Crippen LogP contribution in [0.2, 0.25) is 0 Å². The third-order valence-electron chi connectivity index (χ3n) is 2.93. The Morgan fingerprint density at radius 3 is 2.84 bits per heavy atom. The van der Waals surface area contributed by atoms with Crippen LogP contribution < -0.4 is 0 Å². The molecule has 0 atom stereocenters. The molecule has 1 aromatic carbocycles. The lowest BCUT2D eigenvalue weighted by molar-refractivity contribution is 0.0702. The van der Waals surface area contributed by atoms with E-state index < -0.39 is 5.97 Å². The van der Waals surface area contributed by atoms with Gasteiger partial charge in [-0.25, -0.2) is 4.79 Å². The summed E-state index contributed by atoms with van der Waals surface area (Å²) in [6, 6.07) is 11.7. The summed E-state index contributed by atoms with van der Waals surface area (Å²) >= 11 is 4.79. The van der Waals surface area contributed by atoms with Crippen molar-refractivity contribution in [2.75, 3.05) is 0 Å². The van der Waals surface area contributed by atoms with Gasteiger partial charge in [-0.1, -0.05) is 22.0 Å². The van der Waals surface area contributed by atoms with Gasteiger partial charge in [0.25, 0.3) is 0 Å². The second-order valence-electron chi connectivity index (χ2n) is 4.22. The molecule has 0 radical (unpaired) electrons. The second-order valence-corrected chi connectivity index (χ2v) is 6.30. The molecule has 0 amide bonds. The number of aromatic carboxylic acids is 1. The van der Waals surface area contributed by atoms with Gasteiger partial charge in [-0.15, -0.1) is 11.3 Å². The molecule has 0 bridgehead atoms. The predicted octanol–water partition coefficient (Wildman–Crippen LogP) is 4.21. The molecule has 0 aliphatic carbocycles. The van der Waals surface area contributed by atoms with Crippen molar-refractivity contribution >= 4 is 44.1 Å². The highest BCUT2D eigenvalue weighted by atomic mass is 79.9. The average molecular weight is 336 g/mol. The van der Waals surface area contributed by atoms with Gasteiger partial charge in [-0.05, 0) is 35.7 Å². The number of hydrogen-bond donors (Lipinski definition) is 1. The number of hydrogen-bond acceptors (Lipinski definition) is 2. The largest absolute Gasteiger partial charge is 0.477 e.